The third-order valence-corrected chi connectivity index (χ3v) is 4.94. The van der Waals surface area contributed by atoms with Gasteiger partial charge in [0.15, 0.2) is 0 Å². The fourth-order valence-electron chi connectivity index (χ4n) is 2.11. The molecule has 0 radical (unpaired) electrons. The zero-order valence-electron chi connectivity index (χ0n) is 12.4. The van der Waals surface area contributed by atoms with Gasteiger partial charge in [-0.05, 0) is 44.5 Å². The Labute approximate surface area is 123 Å². The monoisotopic (exact) mass is 311 g/mol. The van der Waals surface area contributed by atoms with E-state index in [0.29, 0.717) is 5.56 Å². The highest BCUT2D eigenvalue weighted by molar-refractivity contribution is 7.89. The van der Waals surface area contributed by atoms with Crippen molar-refractivity contribution < 1.29 is 12.8 Å². The average molecular weight is 311 g/mol. The maximum absolute atomic E-state index is 13.2. The van der Waals surface area contributed by atoms with Crippen molar-refractivity contribution in [3.8, 4) is 0 Å². The molecular weight excluding hydrogens is 293 g/mol. The van der Waals surface area contributed by atoms with Crippen LogP contribution in [0.5, 0.6) is 0 Å². The van der Waals surface area contributed by atoms with E-state index in [1.54, 1.807) is 4.68 Å². The molecule has 0 aliphatic rings. The summed E-state index contributed by atoms with van der Waals surface area (Å²) in [5.74, 6) is -0.423. The summed E-state index contributed by atoms with van der Waals surface area (Å²) in [6.45, 7) is 5.40. The molecule has 21 heavy (non-hydrogen) atoms. The standard InChI is InChI=1S/C14H18FN3O2S/c1-9-7-12(5-6-14(9)15)21(19,20)16-8-13-10(2)17-18(4)11(13)3/h5-7,16H,8H2,1-4H3. The number of halogens is 1. The van der Waals surface area contributed by atoms with Crippen LogP contribution in [0, 0.1) is 26.6 Å². The van der Waals surface area contributed by atoms with E-state index in [9.17, 15) is 12.8 Å². The second-order valence-corrected chi connectivity index (χ2v) is 6.78. The Morgan fingerprint density at radius 3 is 2.48 bits per heavy atom. The smallest absolute Gasteiger partial charge is 0.240 e. The first-order valence-corrected chi connectivity index (χ1v) is 7.95. The van der Waals surface area contributed by atoms with Gasteiger partial charge >= 0.3 is 0 Å². The van der Waals surface area contributed by atoms with Gasteiger partial charge in [0.2, 0.25) is 10.0 Å². The molecule has 1 aromatic heterocycles. The van der Waals surface area contributed by atoms with Gasteiger partial charge in [-0.3, -0.25) is 4.68 Å². The Morgan fingerprint density at radius 2 is 1.95 bits per heavy atom. The molecule has 1 N–H and O–H groups in total. The summed E-state index contributed by atoms with van der Waals surface area (Å²) >= 11 is 0. The minimum absolute atomic E-state index is 0.0561. The van der Waals surface area contributed by atoms with Crippen LogP contribution in [-0.2, 0) is 23.6 Å². The highest BCUT2D eigenvalue weighted by Crippen LogP contribution is 2.16. The van der Waals surface area contributed by atoms with Gasteiger partial charge in [-0.15, -0.1) is 0 Å². The predicted octanol–water partition coefficient (Wildman–Crippen LogP) is 1.96. The van der Waals surface area contributed by atoms with E-state index in [1.807, 2.05) is 20.9 Å². The van der Waals surface area contributed by atoms with Gasteiger partial charge in [-0.1, -0.05) is 0 Å². The molecule has 1 heterocycles. The number of nitrogens with one attached hydrogen (secondary N) is 1. The number of hydrogen-bond acceptors (Lipinski definition) is 3. The van der Waals surface area contributed by atoms with Gasteiger partial charge in [0.05, 0.1) is 10.6 Å². The average Bonchev–Trinajstić information content (AvgIpc) is 2.64. The van der Waals surface area contributed by atoms with Crippen molar-refractivity contribution in [3.63, 3.8) is 0 Å². The van der Waals surface area contributed by atoms with Crippen LogP contribution in [0.2, 0.25) is 0 Å². The molecule has 0 bridgehead atoms. The summed E-state index contributed by atoms with van der Waals surface area (Å²) in [5, 5.41) is 4.24. The van der Waals surface area contributed by atoms with Crippen LogP contribution in [0.4, 0.5) is 4.39 Å². The summed E-state index contributed by atoms with van der Waals surface area (Å²) in [4.78, 5) is 0.0561. The molecule has 0 unspecified atom stereocenters. The second-order valence-electron chi connectivity index (χ2n) is 5.01. The molecule has 7 heteroatoms. The first-order valence-electron chi connectivity index (χ1n) is 6.47. The maximum atomic E-state index is 13.2. The molecule has 2 rings (SSSR count). The van der Waals surface area contributed by atoms with Gasteiger partial charge < -0.3 is 0 Å². The van der Waals surface area contributed by atoms with Gasteiger partial charge in [0.25, 0.3) is 0 Å². The van der Waals surface area contributed by atoms with E-state index >= 15 is 0 Å². The van der Waals surface area contributed by atoms with E-state index in [4.69, 9.17) is 0 Å². The third-order valence-electron chi connectivity index (χ3n) is 3.54. The second kappa shape index (κ2) is 5.57. The van der Waals surface area contributed by atoms with Crippen LogP contribution >= 0.6 is 0 Å². The van der Waals surface area contributed by atoms with E-state index in [2.05, 4.69) is 9.82 Å². The Bertz CT molecular complexity index is 782. The number of aromatic nitrogens is 2. The van der Waals surface area contributed by atoms with E-state index in [0.717, 1.165) is 23.0 Å². The maximum Gasteiger partial charge on any atom is 0.240 e. The number of benzene rings is 1. The van der Waals surface area contributed by atoms with Crippen molar-refractivity contribution in [2.24, 2.45) is 7.05 Å². The molecule has 2 aromatic rings. The fourth-order valence-corrected chi connectivity index (χ4v) is 3.19. The van der Waals surface area contributed by atoms with Crippen molar-refractivity contribution in [2.45, 2.75) is 32.2 Å². The van der Waals surface area contributed by atoms with Crippen molar-refractivity contribution in [1.82, 2.24) is 14.5 Å². The topological polar surface area (TPSA) is 64.0 Å². The lowest BCUT2D eigenvalue weighted by Crippen LogP contribution is -2.24. The first-order chi connectivity index (χ1) is 9.72. The number of hydrogen-bond donors (Lipinski definition) is 1. The summed E-state index contributed by atoms with van der Waals surface area (Å²) in [6.07, 6.45) is 0. The van der Waals surface area contributed by atoms with Crippen LogP contribution in [-0.4, -0.2) is 18.2 Å². The molecular formula is C14H18FN3O2S. The molecule has 0 aliphatic heterocycles. The Hall–Kier alpha value is -1.73. The Balaban J connectivity index is 2.23. The zero-order valence-corrected chi connectivity index (χ0v) is 13.3. The summed E-state index contributed by atoms with van der Waals surface area (Å²) in [5.41, 5.74) is 2.84. The van der Waals surface area contributed by atoms with Crippen LogP contribution in [0.3, 0.4) is 0 Å². The third kappa shape index (κ3) is 3.14. The van der Waals surface area contributed by atoms with Crippen LogP contribution in [0.25, 0.3) is 0 Å². The van der Waals surface area contributed by atoms with Gasteiger partial charge in [-0.2, -0.15) is 5.10 Å². The molecule has 0 atom stereocenters. The first kappa shape index (κ1) is 15.7. The minimum atomic E-state index is -3.68. The zero-order chi connectivity index (χ0) is 15.8. The number of sulfonamides is 1. The lowest BCUT2D eigenvalue weighted by Gasteiger charge is -2.08. The quantitative estimate of drug-likeness (QED) is 0.939. The van der Waals surface area contributed by atoms with Crippen LogP contribution in [0.1, 0.15) is 22.5 Å². The van der Waals surface area contributed by atoms with Crippen LogP contribution < -0.4 is 4.72 Å². The van der Waals surface area contributed by atoms with Crippen molar-refractivity contribution in [1.29, 1.82) is 0 Å². The number of nitrogens with zero attached hydrogens (tertiary/aromatic N) is 2. The van der Waals surface area contributed by atoms with Crippen molar-refractivity contribution in [3.05, 3.63) is 46.5 Å². The molecule has 0 saturated heterocycles. The van der Waals surface area contributed by atoms with E-state index in [1.165, 1.54) is 19.1 Å². The van der Waals surface area contributed by atoms with Gasteiger partial charge in [-0.25, -0.2) is 17.5 Å². The van der Waals surface area contributed by atoms with Crippen molar-refractivity contribution in [2.75, 3.05) is 0 Å². The minimum Gasteiger partial charge on any atom is -0.272 e. The number of rotatable bonds is 4. The summed E-state index contributed by atoms with van der Waals surface area (Å²) in [7, 11) is -1.87. The lowest BCUT2D eigenvalue weighted by molar-refractivity contribution is 0.579. The molecule has 0 aliphatic carbocycles. The Morgan fingerprint density at radius 1 is 1.29 bits per heavy atom. The van der Waals surface area contributed by atoms with Crippen molar-refractivity contribution >= 4 is 10.0 Å². The summed E-state index contributed by atoms with van der Waals surface area (Å²) in [6, 6.07) is 3.73. The molecule has 0 spiro atoms. The fraction of sp³-hybridized carbons (Fsp3) is 0.357. The summed E-state index contributed by atoms with van der Waals surface area (Å²) < 4.78 is 41.9. The molecule has 0 saturated carbocycles. The number of aryl methyl sites for hydroxylation is 3. The largest absolute Gasteiger partial charge is 0.272 e. The highest BCUT2D eigenvalue weighted by Gasteiger charge is 2.17. The SMILES string of the molecule is Cc1cc(S(=O)(=O)NCc2c(C)nn(C)c2C)ccc1F. The van der Waals surface area contributed by atoms with Gasteiger partial charge in [0.1, 0.15) is 5.82 Å². The van der Waals surface area contributed by atoms with Gasteiger partial charge in [0, 0.05) is 24.8 Å². The molecule has 114 valence electrons. The van der Waals surface area contributed by atoms with E-state index in [-0.39, 0.29) is 11.4 Å². The lowest BCUT2D eigenvalue weighted by atomic mass is 10.2. The highest BCUT2D eigenvalue weighted by atomic mass is 32.2. The molecule has 5 nitrogen and oxygen atoms in total. The van der Waals surface area contributed by atoms with E-state index < -0.39 is 15.8 Å². The molecule has 1 aromatic carbocycles. The Kier molecular flexibility index (Phi) is 4.15. The molecule has 0 amide bonds. The predicted molar refractivity (Wildman–Crippen MR) is 77.8 cm³/mol. The molecule has 0 fully saturated rings. The normalized spacial score (nSPS) is 11.9. The van der Waals surface area contributed by atoms with Crippen LogP contribution in [0.15, 0.2) is 23.1 Å².